The number of hydrogen-bond donors (Lipinski definition) is 0. The summed E-state index contributed by atoms with van der Waals surface area (Å²) in [5.74, 6) is -0.286. The van der Waals surface area contributed by atoms with Gasteiger partial charge >= 0.3 is 0 Å². The van der Waals surface area contributed by atoms with Crippen LogP contribution >= 0.6 is 0 Å². The number of carbonyl (C=O) groups is 1. The average Bonchev–Trinajstić information content (AvgIpc) is 3.23. The van der Waals surface area contributed by atoms with Crippen LogP contribution in [0.25, 0.3) is 0 Å². The fourth-order valence-electron chi connectivity index (χ4n) is 6.19. The van der Waals surface area contributed by atoms with E-state index in [4.69, 9.17) is 0 Å². The molecule has 0 radical (unpaired) electrons. The van der Waals surface area contributed by atoms with Crippen LogP contribution in [0.3, 0.4) is 0 Å². The van der Waals surface area contributed by atoms with Gasteiger partial charge in [-0.15, -0.1) is 0 Å². The molecule has 192 valence electrons. The van der Waals surface area contributed by atoms with Gasteiger partial charge in [0.2, 0.25) is 5.69 Å². The second-order valence-corrected chi connectivity index (χ2v) is 11.5. The zero-order valence-electron chi connectivity index (χ0n) is 23.0. The first-order chi connectivity index (χ1) is 17.6. The third-order valence-corrected chi connectivity index (χ3v) is 8.32. The van der Waals surface area contributed by atoms with E-state index >= 15 is 0 Å². The number of carbonyl (C=O) groups excluding carboxylic acids is 1. The van der Waals surface area contributed by atoms with Crippen LogP contribution in [0, 0.1) is 0 Å². The van der Waals surface area contributed by atoms with Crippen molar-refractivity contribution in [1.82, 2.24) is 0 Å². The molecule has 0 amide bonds. The first-order valence-corrected chi connectivity index (χ1v) is 13.7. The Bertz CT molecular complexity index is 1400. The topological polar surface area (TPSA) is 46.4 Å². The maximum absolute atomic E-state index is 13.5. The van der Waals surface area contributed by atoms with Gasteiger partial charge in [0.25, 0.3) is 0 Å². The van der Waals surface area contributed by atoms with Crippen molar-refractivity contribution < 1.29 is 14.5 Å². The number of hydrogen-bond acceptors (Lipinski definition) is 3. The summed E-state index contributed by atoms with van der Waals surface area (Å²) in [5.41, 5.74) is 6.93. The van der Waals surface area contributed by atoms with Gasteiger partial charge in [-0.05, 0) is 38.0 Å². The van der Waals surface area contributed by atoms with E-state index in [9.17, 15) is 9.90 Å². The van der Waals surface area contributed by atoms with Crippen LogP contribution in [-0.2, 0) is 15.6 Å². The Balaban J connectivity index is 1.57. The largest absolute Gasteiger partial charge is 0.871 e. The molecule has 2 heterocycles. The number of benzene rings is 2. The Kier molecular flexibility index (Phi) is 6.26. The monoisotopic (exact) mass is 494 g/mol. The van der Waals surface area contributed by atoms with Crippen molar-refractivity contribution in [3.63, 3.8) is 0 Å². The Hall–Kier alpha value is -3.40. The summed E-state index contributed by atoms with van der Waals surface area (Å²) in [6.45, 7) is 14.8. The summed E-state index contributed by atoms with van der Waals surface area (Å²) in [6.07, 6.45) is 6.85. The summed E-state index contributed by atoms with van der Waals surface area (Å²) in [7, 11) is 0. The highest BCUT2D eigenvalue weighted by Crippen LogP contribution is 2.49. The Morgan fingerprint density at radius 2 is 1.57 bits per heavy atom. The molecule has 0 atom stereocenters. The maximum Gasteiger partial charge on any atom is 0.209 e. The molecule has 0 saturated heterocycles. The average molecular weight is 495 g/mol. The fraction of sp³-hybridized carbons (Fsp3) is 0.394. The second kappa shape index (κ2) is 9.16. The van der Waals surface area contributed by atoms with Gasteiger partial charge in [0.15, 0.2) is 11.5 Å². The number of allylic oxidation sites excluding steroid dienone is 5. The Morgan fingerprint density at radius 3 is 2.24 bits per heavy atom. The predicted molar refractivity (Wildman–Crippen MR) is 149 cm³/mol. The van der Waals surface area contributed by atoms with Crippen molar-refractivity contribution in [2.24, 2.45) is 0 Å². The molecular formula is C33H38N2O2. The molecule has 4 nitrogen and oxygen atoms in total. The summed E-state index contributed by atoms with van der Waals surface area (Å²) in [6, 6.07) is 16.8. The van der Waals surface area contributed by atoms with E-state index < -0.39 is 0 Å². The van der Waals surface area contributed by atoms with E-state index in [2.05, 4.69) is 99.5 Å². The molecule has 37 heavy (non-hydrogen) atoms. The van der Waals surface area contributed by atoms with Crippen molar-refractivity contribution in [1.29, 1.82) is 0 Å². The minimum Gasteiger partial charge on any atom is -0.871 e. The first-order valence-electron chi connectivity index (χ1n) is 13.7. The number of unbranched alkanes of at least 4 members (excludes halogenated alkanes) is 1. The highest BCUT2D eigenvalue weighted by atomic mass is 16.3. The van der Waals surface area contributed by atoms with Crippen molar-refractivity contribution in [2.75, 3.05) is 18.0 Å². The Labute approximate surface area is 221 Å². The molecule has 0 aromatic heterocycles. The van der Waals surface area contributed by atoms with Crippen molar-refractivity contribution in [3.8, 4) is 0 Å². The van der Waals surface area contributed by atoms with Crippen LogP contribution < -0.4 is 10.0 Å². The minimum atomic E-state index is -0.279. The second-order valence-electron chi connectivity index (χ2n) is 11.5. The zero-order chi connectivity index (χ0) is 26.5. The molecule has 0 N–H and O–H groups in total. The highest BCUT2D eigenvalue weighted by molar-refractivity contribution is 6.24. The molecule has 0 fully saturated rings. The van der Waals surface area contributed by atoms with Crippen LogP contribution in [0.15, 0.2) is 83.3 Å². The van der Waals surface area contributed by atoms with E-state index in [1.54, 1.807) is 0 Å². The lowest BCUT2D eigenvalue weighted by Crippen LogP contribution is -2.35. The first kappa shape index (κ1) is 25.3. The van der Waals surface area contributed by atoms with Gasteiger partial charge in [0.1, 0.15) is 6.54 Å². The van der Waals surface area contributed by atoms with Gasteiger partial charge in [-0.1, -0.05) is 76.3 Å². The van der Waals surface area contributed by atoms with Gasteiger partial charge in [0, 0.05) is 58.6 Å². The molecule has 2 aromatic rings. The SMILES string of the molecule is CCCCN1/C(=C/C2=C([O-])C(=C/C3=[N+](CCC)c4ccccc4C3(C)C)/C2=O)C(C)(C)c2ccccc21. The lowest BCUT2D eigenvalue weighted by molar-refractivity contribution is -0.437. The van der Waals surface area contributed by atoms with E-state index in [-0.39, 0.29) is 22.4 Å². The zero-order valence-corrected chi connectivity index (χ0v) is 23.0. The summed E-state index contributed by atoms with van der Waals surface area (Å²) in [4.78, 5) is 15.8. The van der Waals surface area contributed by atoms with Crippen molar-refractivity contribution >= 4 is 22.9 Å². The Morgan fingerprint density at radius 1 is 0.892 bits per heavy atom. The molecule has 0 saturated carbocycles. The molecule has 4 heteroatoms. The summed E-state index contributed by atoms with van der Waals surface area (Å²) < 4.78 is 2.28. The lowest BCUT2D eigenvalue weighted by Gasteiger charge is -2.33. The van der Waals surface area contributed by atoms with Gasteiger partial charge in [-0.3, -0.25) is 4.79 Å². The van der Waals surface area contributed by atoms with E-state index in [1.165, 1.54) is 22.5 Å². The molecule has 1 aliphatic carbocycles. The number of fused-ring (bicyclic) bond motifs is 2. The molecule has 5 rings (SSSR count). The summed E-state index contributed by atoms with van der Waals surface area (Å²) >= 11 is 0. The van der Waals surface area contributed by atoms with Gasteiger partial charge in [0.05, 0.1) is 5.41 Å². The summed E-state index contributed by atoms with van der Waals surface area (Å²) in [5, 5.41) is 13.5. The van der Waals surface area contributed by atoms with Crippen LogP contribution in [0.4, 0.5) is 11.4 Å². The molecule has 0 spiro atoms. The molecule has 0 unspecified atom stereocenters. The highest BCUT2D eigenvalue weighted by Gasteiger charge is 2.45. The van der Waals surface area contributed by atoms with Gasteiger partial charge < -0.3 is 10.0 Å². The normalized spacial score (nSPS) is 21.7. The molecule has 0 bridgehead atoms. The standard InChI is InChI=1S/C33H38N2O2/c1-7-9-19-35-27-17-13-11-15-25(27)33(5,6)29(35)21-23-30(36)22(31(23)37)20-28-32(3,4)24-14-10-12-16-26(24)34(28)18-8-2/h10-17,20-21H,7-9,18-19H2,1-6H3. The third kappa shape index (κ3) is 3.80. The maximum atomic E-state index is 13.5. The smallest absolute Gasteiger partial charge is 0.209 e. The quantitative estimate of drug-likeness (QED) is 0.346. The van der Waals surface area contributed by atoms with Crippen LogP contribution in [0.1, 0.15) is 71.9 Å². The predicted octanol–water partition coefficient (Wildman–Crippen LogP) is 6.08. The minimum absolute atomic E-state index is 0.143. The van der Waals surface area contributed by atoms with E-state index in [1.807, 2.05) is 12.2 Å². The lowest BCUT2D eigenvalue weighted by atomic mass is 9.77. The number of para-hydroxylation sites is 2. The molecule has 2 aliphatic heterocycles. The van der Waals surface area contributed by atoms with Crippen LogP contribution in [-0.4, -0.2) is 29.2 Å². The van der Waals surface area contributed by atoms with Crippen molar-refractivity contribution in [3.05, 3.63) is 94.4 Å². The number of anilines is 1. The third-order valence-electron chi connectivity index (χ3n) is 8.32. The van der Waals surface area contributed by atoms with E-state index in [0.29, 0.717) is 11.1 Å². The number of Topliss-reactive ketones (excluding diaryl/α,β-unsaturated/α-hetero) is 1. The molecule has 2 aromatic carbocycles. The number of ketones is 1. The molecule has 3 aliphatic rings. The molecular weight excluding hydrogens is 456 g/mol. The van der Waals surface area contributed by atoms with E-state index in [0.717, 1.165) is 43.8 Å². The van der Waals surface area contributed by atoms with Crippen molar-refractivity contribution in [2.45, 2.75) is 71.6 Å². The van der Waals surface area contributed by atoms with Gasteiger partial charge in [-0.25, -0.2) is 0 Å². The van der Waals surface area contributed by atoms with Crippen LogP contribution in [0.2, 0.25) is 0 Å². The number of nitrogens with zero attached hydrogens (tertiary/aromatic N) is 2. The van der Waals surface area contributed by atoms with Gasteiger partial charge in [-0.2, -0.15) is 4.58 Å². The number of rotatable bonds is 7. The fourth-order valence-corrected chi connectivity index (χ4v) is 6.19. The van der Waals surface area contributed by atoms with Crippen LogP contribution in [0.5, 0.6) is 0 Å².